The SMILES string of the molecule is NC(=O)N(CC1CCCCC1)CC1CCCCC1. The summed E-state index contributed by atoms with van der Waals surface area (Å²) in [4.78, 5) is 13.5. The van der Waals surface area contributed by atoms with Gasteiger partial charge in [-0.3, -0.25) is 0 Å². The highest BCUT2D eigenvalue weighted by Gasteiger charge is 2.23. The molecule has 2 fully saturated rings. The second-order valence-corrected chi connectivity index (χ2v) is 6.25. The molecule has 0 atom stereocenters. The molecule has 104 valence electrons. The largest absolute Gasteiger partial charge is 0.351 e. The molecule has 2 aliphatic rings. The molecule has 0 bridgehead atoms. The molecule has 2 saturated carbocycles. The van der Waals surface area contributed by atoms with Crippen molar-refractivity contribution in [2.24, 2.45) is 17.6 Å². The van der Waals surface area contributed by atoms with E-state index in [1.54, 1.807) is 0 Å². The lowest BCUT2D eigenvalue weighted by Crippen LogP contribution is -2.42. The first kappa shape index (κ1) is 13.7. The summed E-state index contributed by atoms with van der Waals surface area (Å²) >= 11 is 0. The number of urea groups is 1. The van der Waals surface area contributed by atoms with Crippen molar-refractivity contribution < 1.29 is 4.79 Å². The molecule has 0 spiro atoms. The maximum absolute atomic E-state index is 11.6. The van der Waals surface area contributed by atoms with E-state index < -0.39 is 0 Å². The molecular formula is C15H28N2O. The second kappa shape index (κ2) is 7.01. The minimum atomic E-state index is -0.203. The number of amides is 2. The fourth-order valence-corrected chi connectivity index (χ4v) is 3.62. The zero-order valence-corrected chi connectivity index (χ0v) is 11.6. The molecule has 2 N–H and O–H groups in total. The summed E-state index contributed by atoms with van der Waals surface area (Å²) in [5.74, 6) is 1.41. The highest BCUT2D eigenvalue weighted by atomic mass is 16.2. The van der Waals surface area contributed by atoms with Gasteiger partial charge in [-0.25, -0.2) is 4.79 Å². The second-order valence-electron chi connectivity index (χ2n) is 6.25. The summed E-state index contributed by atoms with van der Waals surface area (Å²) in [5, 5.41) is 0. The Morgan fingerprint density at radius 2 is 1.22 bits per heavy atom. The van der Waals surface area contributed by atoms with Crippen molar-refractivity contribution in [1.82, 2.24) is 4.90 Å². The van der Waals surface area contributed by atoms with Gasteiger partial charge >= 0.3 is 6.03 Å². The summed E-state index contributed by atoms with van der Waals surface area (Å²) in [6.07, 6.45) is 13.2. The average Bonchev–Trinajstić information content (AvgIpc) is 2.40. The summed E-state index contributed by atoms with van der Waals surface area (Å²) in [5.41, 5.74) is 5.56. The number of nitrogens with zero attached hydrogens (tertiary/aromatic N) is 1. The summed E-state index contributed by atoms with van der Waals surface area (Å²) in [6, 6.07) is -0.203. The minimum absolute atomic E-state index is 0.203. The molecule has 0 radical (unpaired) electrons. The lowest BCUT2D eigenvalue weighted by atomic mass is 9.87. The number of nitrogens with two attached hydrogens (primary N) is 1. The van der Waals surface area contributed by atoms with Gasteiger partial charge in [-0.2, -0.15) is 0 Å². The normalized spacial score (nSPS) is 22.9. The van der Waals surface area contributed by atoms with E-state index in [0.29, 0.717) is 11.8 Å². The molecule has 0 heterocycles. The van der Waals surface area contributed by atoms with E-state index in [9.17, 15) is 4.79 Å². The first-order valence-corrected chi connectivity index (χ1v) is 7.80. The minimum Gasteiger partial charge on any atom is -0.351 e. The molecule has 18 heavy (non-hydrogen) atoms. The molecule has 2 amide bonds. The van der Waals surface area contributed by atoms with E-state index >= 15 is 0 Å². The third kappa shape index (κ3) is 4.18. The van der Waals surface area contributed by atoms with Gasteiger partial charge in [0.25, 0.3) is 0 Å². The average molecular weight is 252 g/mol. The monoisotopic (exact) mass is 252 g/mol. The van der Waals surface area contributed by atoms with Crippen molar-refractivity contribution in [3.63, 3.8) is 0 Å². The zero-order valence-electron chi connectivity index (χ0n) is 11.6. The molecule has 0 aromatic heterocycles. The Labute approximate surface area is 111 Å². The Hall–Kier alpha value is -0.730. The third-order valence-electron chi connectivity index (χ3n) is 4.72. The van der Waals surface area contributed by atoms with Crippen LogP contribution in [0.1, 0.15) is 64.2 Å². The number of carbonyl (C=O) groups excluding carboxylic acids is 1. The van der Waals surface area contributed by atoms with Gasteiger partial charge in [0.05, 0.1) is 0 Å². The standard InChI is InChI=1S/C15H28N2O/c16-15(18)17(11-13-7-3-1-4-8-13)12-14-9-5-2-6-10-14/h13-14H,1-12H2,(H2,16,18). The van der Waals surface area contributed by atoms with Crippen molar-refractivity contribution in [2.75, 3.05) is 13.1 Å². The van der Waals surface area contributed by atoms with Crippen LogP contribution in [0.25, 0.3) is 0 Å². The van der Waals surface area contributed by atoms with E-state index in [1.165, 1.54) is 64.2 Å². The molecule has 0 aromatic rings. The van der Waals surface area contributed by atoms with Gasteiger partial charge in [0.15, 0.2) is 0 Å². The fraction of sp³-hybridized carbons (Fsp3) is 0.933. The molecule has 0 aliphatic heterocycles. The van der Waals surface area contributed by atoms with Crippen LogP contribution in [0.5, 0.6) is 0 Å². The van der Waals surface area contributed by atoms with Crippen LogP contribution in [0, 0.1) is 11.8 Å². The van der Waals surface area contributed by atoms with E-state index in [4.69, 9.17) is 5.73 Å². The van der Waals surface area contributed by atoms with Gasteiger partial charge in [0.1, 0.15) is 0 Å². The van der Waals surface area contributed by atoms with Crippen LogP contribution in [-0.2, 0) is 0 Å². The van der Waals surface area contributed by atoms with E-state index in [1.807, 2.05) is 4.90 Å². The number of rotatable bonds is 4. The molecular weight excluding hydrogens is 224 g/mol. The lowest BCUT2D eigenvalue weighted by molar-refractivity contribution is 0.165. The molecule has 2 aliphatic carbocycles. The molecule has 0 aromatic carbocycles. The smallest absolute Gasteiger partial charge is 0.314 e. The molecule has 0 saturated heterocycles. The van der Waals surface area contributed by atoms with Crippen molar-refractivity contribution in [3.05, 3.63) is 0 Å². The van der Waals surface area contributed by atoms with Crippen LogP contribution in [0.2, 0.25) is 0 Å². The van der Waals surface area contributed by atoms with E-state index in [2.05, 4.69) is 0 Å². The first-order chi connectivity index (χ1) is 8.75. The van der Waals surface area contributed by atoms with Gasteiger partial charge in [0.2, 0.25) is 0 Å². The maximum atomic E-state index is 11.6. The van der Waals surface area contributed by atoms with Crippen LogP contribution in [0.3, 0.4) is 0 Å². The predicted octanol–water partition coefficient (Wildman–Crippen LogP) is 3.53. The van der Waals surface area contributed by atoms with Crippen molar-refractivity contribution in [2.45, 2.75) is 64.2 Å². The molecule has 0 unspecified atom stereocenters. The molecule has 3 nitrogen and oxygen atoms in total. The van der Waals surface area contributed by atoms with Gasteiger partial charge in [-0.15, -0.1) is 0 Å². The third-order valence-corrected chi connectivity index (χ3v) is 4.72. The maximum Gasteiger partial charge on any atom is 0.314 e. The Balaban J connectivity index is 1.80. The van der Waals surface area contributed by atoms with E-state index in [-0.39, 0.29) is 6.03 Å². The van der Waals surface area contributed by atoms with Gasteiger partial charge in [-0.1, -0.05) is 38.5 Å². The van der Waals surface area contributed by atoms with Crippen LogP contribution >= 0.6 is 0 Å². The van der Waals surface area contributed by atoms with Crippen LogP contribution in [0.15, 0.2) is 0 Å². The Morgan fingerprint density at radius 1 is 0.833 bits per heavy atom. The van der Waals surface area contributed by atoms with Crippen LogP contribution < -0.4 is 5.73 Å². The first-order valence-electron chi connectivity index (χ1n) is 7.80. The number of carbonyl (C=O) groups is 1. The number of hydrogen-bond donors (Lipinski definition) is 1. The number of hydrogen-bond acceptors (Lipinski definition) is 1. The number of primary amides is 1. The predicted molar refractivity (Wildman–Crippen MR) is 74.3 cm³/mol. The highest BCUT2D eigenvalue weighted by molar-refractivity contribution is 5.72. The Kier molecular flexibility index (Phi) is 5.33. The zero-order chi connectivity index (χ0) is 12.8. The van der Waals surface area contributed by atoms with Crippen LogP contribution in [-0.4, -0.2) is 24.0 Å². The Morgan fingerprint density at radius 3 is 1.56 bits per heavy atom. The van der Waals surface area contributed by atoms with Gasteiger partial charge in [0, 0.05) is 13.1 Å². The summed E-state index contributed by atoms with van der Waals surface area (Å²) in [6.45, 7) is 1.82. The lowest BCUT2D eigenvalue weighted by Gasteiger charge is -2.32. The topological polar surface area (TPSA) is 46.3 Å². The molecule has 3 heteroatoms. The fourth-order valence-electron chi connectivity index (χ4n) is 3.62. The quantitative estimate of drug-likeness (QED) is 0.817. The highest BCUT2D eigenvalue weighted by Crippen LogP contribution is 2.27. The molecule has 2 rings (SSSR count). The van der Waals surface area contributed by atoms with Crippen LogP contribution in [0.4, 0.5) is 4.79 Å². The van der Waals surface area contributed by atoms with Gasteiger partial charge in [-0.05, 0) is 37.5 Å². The Bertz CT molecular complexity index is 235. The van der Waals surface area contributed by atoms with Crippen molar-refractivity contribution >= 4 is 6.03 Å². The van der Waals surface area contributed by atoms with Crippen molar-refractivity contribution in [1.29, 1.82) is 0 Å². The van der Waals surface area contributed by atoms with Gasteiger partial charge < -0.3 is 10.6 Å². The summed E-state index contributed by atoms with van der Waals surface area (Å²) in [7, 11) is 0. The van der Waals surface area contributed by atoms with E-state index in [0.717, 1.165) is 13.1 Å². The summed E-state index contributed by atoms with van der Waals surface area (Å²) < 4.78 is 0. The van der Waals surface area contributed by atoms with Crippen molar-refractivity contribution in [3.8, 4) is 0 Å².